The summed E-state index contributed by atoms with van der Waals surface area (Å²) >= 11 is 7.27. The molecule has 0 aliphatic heterocycles. The summed E-state index contributed by atoms with van der Waals surface area (Å²) in [7, 11) is 0. The molecule has 0 saturated heterocycles. The number of hydrogen-bond donors (Lipinski definition) is 1. The zero-order valence-corrected chi connectivity index (χ0v) is 19.8. The summed E-state index contributed by atoms with van der Waals surface area (Å²) in [5, 5.41) is 4.39. The van der Waals surface area contributed by atoms with E-state index in [1.807, 2.05) is 19.9 Å². The van der Waals surface area contributed by atoms with Gasteiger partial charge in [-0.05, 0) is 38.1 Å². The average Bonchev–Trinajstić information content (AvgIpc) is 3.12. The molecule has 1 N–H and O–H groups in total. The third-order valence-corrected chi connectivity index (χ3v) is 6.41. The number of hydrogen-bond acceptors (Lipinski definition) is 7. The lowest BCUT2D eigenvalue weighted by molar-refractivity contribution is 0.102. The summed E-state index contributed by atoms with van der Waals surface area (Å²) in [6.07, 6.45) is 1.53. The number of fused-ring (bicyclic) bond motifs is 2. The first-order valence-corrected chi connectivity index (χ1v) is 11.7. The average molecular weight is 492 g/mol. The van der Waals surface area contributed by atoms with Crippen molar-refractivity contribution in [1.82, 2.24) is 19.4 Å². The van der Waals surface area contributed by atoms with E-state index in [-0.39, 0.29) is 11.5 Å². The Kier molecular flexibility index (Phi) is 5.80. The molecule has 0 fully saturated rings. The highest BCUT2D eigenvalue weighted by atomic mass is 35.5. The van der Waals surface area contributed by atoms with Gasteiger partial charge >= 0.3 is 0 Å². The Morgan fingerprint density at radius 1 is 1.12 bits per heavy atom. The van der Waals surface area contributed by atoms with E-state index in [0.717, 1.165) is 5.56 Å². The van der Waals surface area contributed by atoms with Crippen LogP contribution in [-0.4, -0.2) is 25.3 Å². The molecule has 0 aliphatic rings. The van der Waals surface area contributed by atoms with Crippen LogP contribution in [0.4, 0.5) is 5.82 Å². The Bertz CT molecular complexity index is 1610. The first-order chi connectivity index (χ1) is 16.4. The van der Waals surface area contributed by atoms with E-state index in [0.29, 0.717) is 55.5 Å². The SMILES string of the molecule is Cc1oc2nc(SCc3cc(=O)n4cc(Cl)ccc4n3)nc(NC(=O)c3ccccc3)c2c1C. The van der Waals surface area contributed by atoms with Crippen molar-refractivity contribution in [3.05, 3.63) is 92.7 Å². The number of aryl methyl sites for hydroxylation is 2. The normalized spacial score (nSPS) is 11.3. The quantitative estimate of drug-likeness (QED) is 0.271. The Hall–Kier alpha value is -3.69. The molecule has 0 radical (unpaired) electrons. The van der Waals surface area contributed by atoms with Crippen LogP contribution in [0.1, 0.15) is 27.4 Å². The first kappa shape index (κ1) is 22.1. The molecule has 1 amide bonds. The summed E-state index contributed by atoms with van der Waals surface area (Å²) in [5.74, 6) is 1.14. The summed E-state index contributed by atoms with van der Waals surface area (Å²) in [6.45, 7) is 3.74. The second kappa shape index (κ2) is 8.92. The molecule has 170 valence electrons. The molecule has 0 unspecified atom stereocenters. The van der Waals surface area contributed by atoms with Crippen molar-refractivity contribution in [1.29, 1.82) is 0 Å². The molecule has 1 aromatic carbocycles. The molecule has 5 aromatic rings. The summed E-state index contributed by atoms with van der Waals surface area (Å²) in [6, 6.07) is 13.7. The molecule has 10 heteroatoms. The maximum Gasteiger partial charge on any atom is 0.258 e. The number of furan rings is 1. The molecule has 0 bridgehead atoms. The van der Waals surface area contributed by atoms with Gasteiger partial charge in [-0.1, -0.05) is 41.6 Å². The number of halogens is 1. The molecule has 0 aliphatic carbocycles. The van der Waals surface area contributed by atoms with Crippen LogP contribution in [0.25, 0.3) is 16.7 Å². The number of aromatic nitrogens is 4. The molecular formula is C24H18ClN5O3S. The number of nitrogens with one attached hydrogen (secondary N) is 1. The number of carbonyl (C=O) groups is 1. The van der Waals surface area contributed by atoms with Gasteiger partial charge in [0.05, 0.1) is 16.1 Å². The van der Waals surface area contributed by atoms with Gasteiger partial charge in [-0.3, -0.25) is 14.0 Å². The Morgan fingerprint density at radius 3 is 2.71 bits per heavy atom. The lowest BCUT2D eigenvalue weighted by atomic mass is 10.2. The zero-order valence-electron chi connectivity index (χ0n) is 18.2. The van der Waals surface area contributed by atoms with Crippen molar-refractivity contribution in [3.63, 3.8) is 0 Å². The lowest BCUT2D eigenvalue weighted by Crippen LogP contribution is -2.15. The molecule has 8 nitrogen and oxygen atoms in total. The number of thioether (sulfide) groups is 1. The standard InChI is InChI=1S/C24H18ClN5O3S/c1-13-14(2)33-23-20(13)21(27-22(32)15-6-4-3-5-7-15)28-24(29-23)34-12-17-10-19(31)30-11-16(25)8-9-18(30)26-17/h3-11H,12H2,1-2H3,(H,27,28,29,32). The molecule has 4 aromatic heterocycles. The highest BCUT2D eigenvalue weighted by Crippen LogP contribution is 2.32. The molecule has 0 atom stereocenters. The van der Waals surface area contributed by atoms with E-state index in [1.54, 1.807) is 36.4 Å². The van der Waals surface area contributed by atoms with Crippen molar-refractivity contribution in [3.8, 4) is 0 Å². The van der Waals surface area contributed by atoms with Crippen LogP contribution in [0.5, 0.6) is 0 Å². The third-order valence-electron chi connectivity index (χ3n) is 5.30. The predicted octanol–water partition coefficient (Wildman–Crippen LogP) is 5.05. The van der Waals surface area contributed by atoms with E-state index in [2.05, 4.69) is 20.3 Å². The van der Waals surface area contributed by atoms with Crippen molar-refractivity contribution < 1.29 is 9.21 Å². The predicted molar refractivity (Wildman–Crippen MR) is 132 cm³/mol. The van der Waals surface area contributed by atoms with Crippen molar-refractivity contribution in [2.45, 2.75) is 24.8 Å². The van der Waals surface area contributed by atoms with Gasteiger partial charge in [-0.15, -0.1) is 0 Å². The van der Waals surface area contributed by atoms with E-state index in [1.165, 1.54) is 28.4 Å². The maximum atomic E-state index is 12.8. The summed E-state index contributed by atoms with van der Waals surface area (Å²) in [5.41, 5.74) is 2.60. The van der Waals surface area contributed by atoms with Crippen molar-refractivity contribution in [2.75, 3.05) is 5.32 Å². The van der Waals surface area contributed by atoms with E-state index < -0.39 is 0 Å². The fourth-order valence-electron chi connectivity index (χ4n) is 3.49. The van der Waals surface area contributed by atoms with E-state index >= 15 is 0 Å². The number of benzene rings is 1. The van der Waals surface area contributed by atoms with Crippen LogP contribution < -0.4 is 10.9 Å². The van der Waals surface area contributed by atoms with Gasteiger partial charge < -0.3 is 9.73 Å². The second-order valence-corrected chi connectivity index (χ2v) is 8.97. The second-order valence-electron chi connectivity index (χ2n) is 7.59. The highest BCUT2D eigenvalue weighted by Gasteiger charge is 2.19. The largest absolute Gasteiger partial charge is 0.443 e. The molecule has 5 rings (SSSR count). The first-order valence-electron chi connectivity index (χ1n) is 10.3. The molecular weight excluding hydrogens is 474 g/mol. The van der Waals surface area contributed by atoms with Gasteiger partial charge in [-0.2, -0.15) is 4.98 Å². The minimum atomic E-state index is -0.280. The smallest absolute Gasteiger partial charge is 0.258 e. The van der Waals surface area contributed by atoms with Crippen LogP contribution in [-0.2, 0) is 5.75 Å². The van der Waals surface area contributed by atoms with Crippen molar-refractivity contribution >= 4 is 51.8 Å². The number of pyridine rings is 1. The van der Waals surface area contributed by atoms with Crippen molar-refractivity contribution in [2.24, 2.45) is 0 Å². The fraction of sp³-hybridized carbons (Fsp3) is 0.125. The van der Waals surface area contributed by atoms with Gasteiger partial charge in [0, 0.05) is 29.1 Å². The highest BCUT2D eigenvalue weighted by molar-refractivity contribution is 7.98. The zero-order chi connectivity index (χ0) is 23.8. The topological polar surface area (TPSA) is 102 Å². The van der Waals surface area contributed by atoms with E-state index in [9.17, 15) is 9.59 Å². The van der Waals surface area contributed by atoms with Gasteiger partial charge in [0.15, 0.2) is 5.16 Å². The number of anilines is 1. The Morgan fingerprint density at radius 2 is 1.91 bits per heavy atom. The monoisotopic (exact) mass is 491 g/mol. The fourth-order valence-corrected chi connectivity index (χ4v) is 4.38. The molecule has 4 heterocycles. The van der Waals surface area contributed by atoms with Crippen LogP contribution in [0, 0.1) is 13.8 Å². The third kappa shape index (κ3) is 4.27. The maximum absolute atomic E-state index is 12.8. The summed E-state index contributed by atoms with van der Waals surface area (Å²) in [4.78, 5) is 38.9. The molecule has 0 saturated carbocycles. The number of carbonyl (C=O) groups excluding carboxylic acids is 1. The van der Waals surface area contributed by atoms with Crippen LogP contribution in [0.3, 0.4) is 0 Å². The Labute approximate surface area is 203 Å². The number of rotatable bonds is 5. The van der Waals surface area contributed by atoms with Gasteiger partial charge in [-0.25, -0.2) is 9.97 Å². The minimum absolute atomic E-state index is 0.229. The van der Waals surface area contributed by atoms with Gasteiger partial charge in [0.1, 0.15) is 17.2 Å². The number of nitrogens with zero attached hydrogens (tertiary/aromatic N) is 4. The summed E-state index contributed by atoms with van der Waals surface area (Å²) < 4.78 is 7.20. The molecule has 0 spiro atoms. The van der Waals surface area contributed by atoms with Crippen LogP contribution >= 0.6 is 23.4 Å². The van der Waals surface area contributed by atoms with Gasteiger partial charge in [0.25, 0.3) is 11.5 Å². The van der Waals surface area contributed by atoms with Gasteiger partial charge in [0.2, 0.25) is 5.71 Å². The van der Waals surface area contributed by atoms with Crippen LogP contribution in [0.2, 0.25) is 5.02 Å². The molecule has 34 heavy (non-hydrogen) atoms. The Balaban J connectivity index is 1.47. The minimum Gasteiger partial charge on any atom is -0.443 e. The lowest BCUT2D eigenvalue weighted by Gasteiger charge is -2.08. The van der Waals surface area contributed by atoms with Crippen LogP contribution in [0.15, 0.2) is 69.1 Å². The van der Waals surface area contributed by atoms with E-state index in [4.69, 9.17) is 16.0 Å². The number of amides is 1.